The number of nitrogens with zero attached hydrogens (tertiary/aromatic N) is 1. The Morgan fingerprint density at radius 3 is 2.47 bits per heavy atom. The normalized spacial score (nSPS) is 11.4. The lowest BCUT2D eigenvalue weighted by atomic mass is 10.1. The first-order valence-corrected chi connectivity index (χ1v) is 6.01. The number of aryl methyl sites for hydroxylation is 1. The molecular formula is C13H18F3N3. The number of nitrogens with two attached hydrogens (primary N) is 1. The first kappa shape index (κ1) is 15.3. The van der Waals surface area contributed by atoms with Gasteiger partial charge in [-0.1, -0.05) is 18.6 Å². The second-order valence-electron chi connectivity index (χ2n) is 4.47. The van der Waals surface area contributed by atoms with Crippen LogP contribution in [0.4, 0.5) is 18.9 Å². The number of anilines is 1. The zero-order valence-corrected chi connectivity index (χ0v) is 11.0. The second-order valence-corrected chi connectivity index (χ2v) is 4.47. The predicted octanol–water partition coefficient (Wildman–Crippen LogP) is 3.06. The summed E-state index contributed by atoms with van der Waals surface area (Å²) < 4.78 is 37.8. The average molecular weight is 273 g/mol. The zero-order valence-electron chi connectivity index (χ0n) is 11.0. The van der Waals surface area contributed by atoms with Gasteiger partial charge >= 0.3 is 6.18 Å². The van der Waals surface area contributed by atoms with Gasteiger partial charge in [0.25, 0.3) is 0 Å². The maximum absolute atomic E-state index is 12.6. The molecule has 6 heteroatoms. The van der Waals surface area contributed by atoms with Crippen LogP contribution >= 0.6 is 0 Å². The van der Waals surface area contributed by atoms with Gasteiger partial charge in [0.05, 0.1) is 0 Å². The first-order chi connectivity index (χ1) is 8.74. The molecule has 0 bridgehead atoms. The molecule has 0 radical (unpaired) electrons. The minimum Gasteiger partial charge on any atom is -0.384 e. The predicted molar refractivity (Wildman–Crippen MR) is 70.8 cm³/mol. The highest BCUT2D eigenvalue weighted by Crippen LogP contribution is 2.26. The van der Waals surface area contributed by atoms with Crippen LogP contribution in [-0.2, 0) is 0 Å². The van der Waals surface area contributed by atoms with Crippen molar-refractivity contribution in [3.63, 3.8) is 0 Å². The van der Waals surface area contributed by atoms with Crippen molar-refractivity contribution in [1.82, 2.24) is 0 Å². The van der Waals surface area contributed by atoms with Gasteiger partial charge in [-0.3, -0.25) is 5.41 Å². The molecule has 19 heavy (non-hydrogen) atoms. The Balaban J connectivity index is 3.18. The van der Waals surface area contributed by atoms with Crippen LogP contribution in [0.5, 0.6) is 0 Å². The summed E-state index contributed by atoms with van der Waals surface area (Å²) in [5.74, 6) is -0.220. The van der Waals surface area contributed by atoms with E-state index in [0.717, 1.165) is 5.56 Å². The van der Waals surface area contributed by atoms with Crippen molar-refractivity contribution in [3.8, 4) is 0 Å². The average Bonchev–Trinajstić information content (AvgIpc) is 2.26. The van der Waals surface area contributed by atoms with Gasteiger partial charge in [-0.25, -0.2) is 0 Å². The van der Waals surface area contributed by atoms with Crippen LogP contribution in [0.25, 0.3) is 0 Å². The number of hydrogen-bond donors (Lipinski definition) is 2. The van der Waals surface area contributed by atoms with Crippen molar-refractivity contribution < 1.29 is 13.2 Å². The largest absolute Gasteiger partial charge is 0.405 e. The van der Waals surface area contributed by atoms with E-state index in [-0.39, 0.29) is 12.4 Å². The lowest BCUT2D eigenvalue weighted by Crippen LogP contribution is -2.36. The Kier molecular flexibility index (Phi) is 4.80. The number of alkyl halides is 3. The van der Waals surface area contributed by atoms with E-state index in [1.165, 1.54) is 4.90 Å². The molecule has 106 valence electrons. The Bertz CT molecular complexity index is 455. The summed E-state index contributed by atoms with van der Waals surface area (Å²) in [7, 11) is 0. The fraction of sp³-hybridized carbons (Fsp3) is 0.462. The quantitative estimate of drug-likeness (QED) is 0.640. The Morgan fingerprint density at radius 1 is 1.37 bits per heavy atom. The fourth-order valence-corrected chi connectivity index (χ4v) is 1.91. The molecule has 0 heterocycles. The third kappa shape index (κ3) is 4.46. The summed E-state index contributed by atoms with van der Waals surface area (Å²) >= 11 is 0. The number of rotatable bonds is 5. The van der Waals surface area contributed by atoms with Crippen molar-refractivity contribution in [3.05, 3.63) is 29.3 Å². The van der Waals surface area contributed by atoms with Gasteiger partial charge in [0, 0.05) is 17.8 Å². The molecule has 0 saturated carbocycles. The topological polar surface area (TPSA) is 53.1 Å². The molecule has 0 fully saturated rings. The third-order valence-corrected chi connectivity index (χ3v) is 2.65. The molecule has 3 nitrogen and oxygen atoms in total. The van der Waals surface area contributed by atoms with Crippen molar-refractivity contribution >= 4 is 11.5 Å². The Labute approximate surface area is 110 Å². The highest BCUT2D eigenvalue weighted by atomic mass is 19.4. The zero-order chi connectivity index (χ0) is 14.6. The number of benzene rings is 1. The number of nitrogen functional groups attached to an aromatic ring is 1. The van der Waals surface area contributed by atoms with Gasteiger partial charge in [0.1, 0.15) is 12.4 Å². The number of nitrogens with one attached hydrogen (secondary N) is 1. The summed E-state index contributed by atoms with van der Waals surface area (Å²) in [6.07, 6.45) is -3.70. The maximum atomic E-state index is 12.6. The molecule has 0 amide bonds. The monoisotopic (exact) mass is 273 g/mol. The molecule has 0 aromatic heterocycles. The molecule has 0 aliphatic heterocycles. The fourth-order valence-electron chi connectivity index (χ4n) is 1.91. The summed E-state index contributed by atoms with van der Waals surface area (Å²) in [5, 5.41) is 7.50. The summed E-state index contributed by atoms with van der Waals surface area (Å²) in [6.45, 7) is 2.85. The van der Waals surface area contributed by atoms with Crippen LogP contribution in [0.2, 0.25) is 0 Å². The van der Waals surface area contributed by atoms with E-state index in [4.69, 9.17) is 11.1 Å². The highest BCUT2D eigenvalue weighted by Gasteiger charge is 2.31. The molecule has 0 saturated heterocycles. The van der Waals surface area contributed by atoms with Crippen molar-refractivity contribution in [2.45, 2.75) is 26.4 Å². The third-order valence-electron chi connectivity index (χ3n) is 2.65. The minimum atomic E-state index is -4.28. The lowest BCUT2D eigenvalue weighted by Gasteiger charge is -2.27. The highest BCUT2D eigenvalue weighted by molar-refractivity contribution is 6.00. The molecule has 0 aliphatic rings. The molecular weight excluding hydrogens is 255 g/mol. The summed E-state index contributed by atoms with van der Waals surface area (Å²) in [4.78, 5) is 1.22. The smallest absolute Gasteiger partial charge is 0.384 e. The van der Waals surface area contributed by atoms with Crippen LogP contribution in [0.15, 0.2) is 18.2 Å². The van der Waals surface area contributed by atoms with Crippen LogP contribution in [0.1, 0.15) is 24.5 Å². The molecule has 1 aromatic carbocycles. The van der Waals surface area contributed by atoms with E-state index in [1.807, 2.05) is 13.8 Å². The van der Waals surface area contributed by atoms with Gasteiger partial charge in [-0.2, -0.15) is 13.2 Å². The molecule has 0 aliphatic carbocycles. The minimum absolute atomic E-state index is 0.220. The molecule has 1 aromatic rings. The molecule has 0 spiro atoms. The van der Waals surface area contributed by atoms with E-state index < -0.39 is 12.7 Å². The maximum Gasteiger partial charge on any atom is 0.405 e. The van der Waals surface area contributed by atoms with Crippen LogP contribution < -0.4 is 10.6 Å². The van der Waals surface area contributed by atoms with Gasteiger partial charge in [0.2, 0.25) is 0 Å². The summed E-state index contributed by atoms with van der Waals surface area (Å²) in [5.41, 5.74) is 7.02. The molecule has 0 unspecified atom stereocenters. The van der Waals surface area contributed by atoms with Gasteiger partial charge in [-0.05, 0) is 25.5 Å². The SMILES string of the molecule is CCCN(CC(F)(F)F)c1ccc(C)cc1C(=N)N. The first-order valence-electron chi connectivity index (χ1n) is 6.01. The standard InChI is InChI=1S/C13H18F3N3/c1-3-6-19(8-13(14,15)16)11-5-4-9(2)7-10(11)12(17)18/h4-5,7H,3,6,8H2,1-2H3,(H3,17,18). The van der Waals surface area contributed by atoms with Gasteiger partial charge < -0.3 is 10.6 Å². The molecule has 3 N–H and O–H groups in total. The van der Waals surface area contributed by atoms with E-state index in [2.05, 4.69) is 0 Å². The number of amidine groups is 1. The Morgan fingerprint density at radius 2 is 2.00 bits per heavy atom. The van der Waals surface area contributed by atoms with E-state index >= 15 is 0 Å². The van der Waals surface area contributed by atoms with Crippen LogP contribution in [0, 0.1) is 12.3 Å². The van der Waals surface area contributed by atoms with Crippen molar-refractivity contribution in [2.75, 3.05) is 18.0 Å². The second kappa shape index (κ2) is 5.95. The summed E-state index contributed by atoms with van der Waals surface area (Å²) in [6, 6.07) is 4.95. The van der Waals surface area contributed by atoms with Gasteiger partial charge in [-0.15, -0.1) is 0 Å². The van der Waals surface area contributed by atoms with E-state index in [1.54, 1.807) is 18.2 Å². The van der Waals surface area contributed by atoms with Crippen LogP contribution in [-0.4, -0.2) is 25.1 Å². The van der Waals surface area contributed by atoms with Crippen molar-refractivity contribution in [1.29, 1.82) is 5.41 Å². The molecule has 1 rings (SSSR count). The van der Waals surface area contributed by atoms with E-state index in [9.17, 15) is 13.2 Å². The Hall–Kier alpha value is -1.72. The number of halogens is 3. The van der Waals surface area contributed by atoms with Crippen molar-refractivity contribution in [2.24, 2.45) is 5.73 Å². The molecule has 0 atom stereocenters. The number of hydrogen-bond acceptors (Lipinski definition) is 2. The van der Waals surface area contributed by atoms with E-state index in [0.29, 0.717) is 17.7 Å². The van der Waals surface area contributed by atoms with Crippen LogP contribution in [0.3, 0.4) is 0 Å². The lowest BCUT2D eigenvalue weighted by molar-refractivity contribution is -0.119. The van der Waals surface area contributed by atoms with Gasteiger partial charge in [0.15, 0.2) is 0 Å².